The second-order valence-corrected chi connectivity index (χ2v) is 5.95. The third-order valence-corrected chi connectivity index (χ3v) is 4.07. The molecule has 1 unspecified atom stereocenters. The number of para-hydroxylation sites is 1. The predicted molar refractivity (Wildman–Crippen MR) is 89.9 cm³/mol. The van der Waals surface area contributed by atoms with Crippen molar-refractivity contribution < 1.29 is 10.0 Å². The highest BCUT2D eigenvalue weighted by Crippen LogP contribution is 2.28. The zero-order valence-corrected chi connectivity index (χ0v) is 13.7. The molecule has 4 heteroatoms. The van der Waals surface area contributed by atoms with Crippen LogP contribution in [0.3, 0.4) is 0 Å². The van der Waals surface area contributed by atoms with Crippen molar-refractivity contribution in [3.8, 4) is 0 Å². The first-order valence-corrected chi connectivity index (χ1v) is 8.58. The Labute approximate surface area is 133 Å². The molecule has 0 saturated carbocycles. The van der Waals surface area contributed by atoms with Crippen LogP contribution in [0.4, 0.5) is 5.69 Å². The molecule has 0 saturated heterocycles. The van der Waals surface area contributed by atoms with E-state index < -0.39 is 11.0 Å². The lowest BCUT2D eigenvalue weighted by molar-refractivity contribution is -0.386. The minimum Gasteiger partial charge on any atom is -0.388 e. The van der Waals surface area contributed by atoms with Gasteiger partial charge in [-0.15, -0.1) is 0 Å². The third-order valence-electron chi connectivity index (χ3n) is 4.07. The molecule has 0 aromatic heterocycles. The van der Waals surface area contributed by atoms with Gasteiger partial charge in [0.25, 0.3) is 5.69 Å². The van der Waals surface area contributed by atoms with Gasteiger partial charge < -0.3 is 5.11 Å². The van der Waals surface area contributed by atoms with Crippen LogP contribution in [0, 0.1) is 10.1 Å². The van der Waals surface area contributed by atoms with E-state index in [1.54, 1.807) is 18.2 Å². The fraction of sp³-hybridized carbons (Fsp3) is 0.667. The van der Waals surface area contributed by atoms with Crippen LogP contribution in [-0.2, 0) is 0 Å². The van der Waals surface area contributed by atoms with Gasteiger partial charge in [-0.25, -0.2) is 0 Å². The highest BCUT2D eigenvalue weighted by atomic mass is 16.6. The monoisotopic (exact) mass is 307 g/mol. The van der Waals surface area contributed by atoms with Gasteiger partial charge in [-0.05, 0) is 12.5 Å². The Morgan fingerprint density at radius 1 is 1.00 bits per heavy atom. The lowest BCUT2D eigenvalue weighted by atomic mass is 10.0. The summed E-state index contributed by atoms with van der Waals surface area (Å²) < 4.78 is 0. The van der Waals surface area contributed by atoms with Crippen molar-refractivity contribution in [1.29, 1.82) is 0 Å². The zero-order chi connectivity index (χ0) is 16.2. The van der Waals surface area contributed by atoms with E-state index in [2.05, 4.69) is 6.92 Å². The lowest BCUT2D eigenvalue weighted by Gasteiger charge is -2.11. The van der Waals surface area contributed by atoms with Gasteiger partial charge in [-0.1, -0.05) is 76.8 Å². The van der Waals surface area contributed by atoms with Gasteiger partial charge in [0.2, 0.25) is 0 Å². The number of aliphatic hydroxyl groups is 1. The van der Waals surface area contributed by atoms with Crippen LogP contribution in [-0.4, -0.2) is 10.0 Å². The summed E-state index contributed by atoms with van der Waals surface area (Å²) in [6, 6.07) is 6.47. The maximum absolute atomic E-state index is 10.9. The summed E-state index contributed by atoms with van der Waals surface area (Å²) >= 11 is 0. The van der Waals surface area contributed by atoms with Crippen LogP contribution in [0.25, 0.3) is 0 Å². The third kappa shape index (κ3) is 7.03. The van der Waals surface area contributed by atoms with E-state index in [0.717, 1.165) is 12.8 Å². The number of nitro benzene ring substituents is 1. The molecule has 124 valence electrons. The van der Waals surface area contributed by atoms with E-state index in [4.69, 9.17) is 0 Å². The molecule has 0 amide bonds. The van der Waals surface area contributed by atoms with Crippen LogP contribution in [0.2, 0.25) is 0 Å². The van der Waals surface area contributed by atoms with Crippen molar-refractivity contribution in [2.45, 2.75) is 77.2 Å². The van der Waals surface area contributed by atoms with E-state index >= 15 is 0 Å². The summed E-state index contributed by atoms with van der Waals surface area (Å²) in [7, 11) is 0. The fourth-order valence-electron chi connectivity index (χ4n) is 2.74. The molecule has 0 aliphatic heterocycles. The summed E-state index contributed by atoms with van der Waals surface area (Å²) in [5, 5.41) is 21.1. The number of aliphatic hydroxyl groups excluding tert-OH is 1. The molecule has 1 aromatic rings. The highest BCUT2D eigenvalue weighted by molar-refractivity contribution is 5.41. The number of nitrogens with zero attached hydrogens (tertiary/aromatic N) is 1. The Balaban J connectivity index is 2.19. The first kappa shape index (κ1) is 18.6. The lowest BCUT2D eigenvalue weighted by Crippen LogP contribution is -2.02. The van der Waals surface area contributed by atoms with Crippen molar-refractivity contribution in [3.63, 3.8) is 0 Å². The average Bonchev–Trinajstić information content (AvgIpc) is 2.53. The van der Waals surface area contributed by atoms with Gasteiger partial charge in [0.05, 0.1) is 16.6 Å². The van der Waals surface area contributed by atoms with Gasteiger partial charge in [0, 0.05) is 6.07 Å². The van der Waals surface area contributed by atoms with Gasteiger partial charge in [0.15, 0.2) is 0 Å². The molecular formula is C18H29NO3. The summed E-state index contributed by atoms with van der Waals surface area (Å²) in [6.07, 6.45) is 10.9. The first-order valence-electron chi connectivity index (χ1n) is 8.58. The quantitative estimate of drug-likeness (QED) is 0.313. The molecule has 1 rings (SSSR count). The van der Waals surface area contributed by atoms with Crippen LogP contribution in [0.5, 0.6) is 0 Å². The standard InChI is InChI=1S/C18H29NO3/c1-2-3-4-5-6-7-8-9-10-15-18(20)16-13-11-12-14-17(16)19(21)22/h11-14,18,20H,2-10,15H2,1H3. The molecule has 0 aliphatic carbocycles. The van der Waals surface area contributed by atoms with Gasteiger partial charge in [0.1, 0.15) is 0 Å². The number of unbranched alkanes of at least 4 members (excludes halogenated alkanes) is 8. The summed E-state index contributed by atoms with van der Waals surface area (Å²) in [5.74, 6) is 0. The topological polar surface area (TPSA) is 63.4 Å². The van der Waals surface area contributed by atoms with E-state index in [-0.39, 0.29) is 5.69 Å². The molecule has 1 aromatic carbocycles. The number of hydrogen-bond donors (Lipinski definition) is 1. The summed E-state index contributed by atoms with van der Waals surface area (Å²) in [6.45, 7) is 2.22. The van der Waals surface area contributed by atoms with E-state index in [9.17, 15) is 15.2 Å². The molecule has 0 bridgehead atoms. The number of hydrogen-bond acceptors (Lipinski definition) is 3. The van der Waals surface area contributed by atoms with Crippen molar-refractivity contribution >= 4 is 5.69 Å². The smallest absolute Gasteiger partial charge is 0.275 e. The number of benzene rings is 1. The Bertz CT molecular complexity index is 434. The normalized spacial score (nSPS) is 12.3. The Hall–Kier alpha value is -1.42. The average molecular weight is 307 g/mol. The maximum Gasteiger partial charge on any atom is 0.275 e. The molecular weight excluding hydrogens is 278 g/mol. The van der Waals surface area contributed by atoms with Crippen LogP contribution in [0.1, 0.15) is 82.8 Å². The number of rotatable bonds is 12. The predicted octanol–water partition coefficient (Wildman–Crippen LogP) is 5.55. The zero-order valence-electron chi connectivity index (χ0n) is 13.7. The van der Waals surface area contributed by atoms with E-state index in [1.165, 1.54) is 51.0 Å². The van der Waals surface area contributed by atoms with Crippen molar-refractivity contribution in [2.24, 2.45) is 0 Å². The van der Waals surface area contributed by atoms with Crippen molar-refractivity contribution in [2.75, 3.05) is 0 Å². The molecule has 0 radical (unpaired) electrons. The van der Waals surface area contributed by atoms with Crippen molar-refractivity contribution in [1.82, 2.24) is 0 Å². The Kier molecular flexibility index (Phi) is 9.47. The molecule has 1 N–H and O–H groups in total. The summed E-state index contributed by atoms with van der Waals surface area (Å²) in [4.78, 5) is 10.5. The van der Waals surface area contributed by atoms with E-state index in [0.29, 0.717) is 12.0 Å². The minimum atomic E-state index is -0.730. The second kappa shape index (κ2) is 11.2. The molecule has 4 nitrogen and oxygen atoms in total. The van der Waals surface area contributed by atoms with Gasteiger partial charge >= 0.3 is 0 Å². The molecule has 0 fully saturated rings. The van der Waals surface area contributed by atoms with Crippen LogP contribution >= 0.6 is 0 Å². The molecule has 22 heavy (non-hydrogen) atoms. The Morgan fingerprint density at radius 2 is 1.55 bits per heavy atom. The van der Waals surface area contributed by atoms with Gasteiger partial charge in [-0.2, -0.15) is 0 Å². The fourth-order valence-corrected chi connectivity index (χ4v) is 2.74. The van der Waals surface area contributed by atoms with Crippen LogP contribution in [0.15, 0.2) is 24.3 Å². The van der Waals surface area contributed by atoms with Gasteiger partial charge in [-0.3, -0.25) is 10.1 Å². The highest BCUT2D eigenvalue weighted by Gasteiger charge is 2.18. The van der Waals surface area contributed by atoms with E-state index in [1.807, 2.05) is 0 Å². The molecule has 1 atom stereocenters. The van der Waals surface area contributed by atoms with Crippen LogP contribution < -0.4 is 0 Å². The second-order valence-electron chi connectivity index (χ2n) is 5.95. The number of nitro groups is 1. The Morgan fingerprint density at radius 3 is 2.14 bits per heavy atom. The summed E-state index contributed by atoms with van der Waals surface area (Å²) in [5.41, 5.74) is 0.456. The molecule has 0 heterocycles. The minimum absolute atomic E-state index is 0.0194. The molecule has 0 spiro atoms. The maximum atomic E-state index is 10.9. The molecule has 0 aliphatic rings. The van der Waals surface area contributed by atoms with Crippen molar-refractivity contribution in [3.05, 3.63) is 39.9 Å². The first-order chi connectivity index (χ1) is 10.7. The SMILES string of the molecule is CCCCCCCCCCCC(O)c1ccccc1[N+](=O)[O-]. The largest absolute Gasteiger partial charge is 0.388 e.